The molecule has 0 amide bonds. The van der Waals surface area contributed by atoms with Gasteiger partial charge in [0.05, 0.1) is 11.3 Å². The third kappa shape index (κ3) is 4.33. The van der Waals surface area contributed by atoms with Gasteiger partial charge in [-0.3, -0.25) is 0 Å². The van der Waals surface area contributed by atoms with Gasteiger partial charge in [0.1, 0.15) is 13.2 Å². The zero-order valence-corrected chi connectivity index (χ0v) is 13.8. The van der Waals surface area contributed by atoms with E-state index in [9.17, 15) is 0 Å². The summed E-state index contributed by atoms with van der Waals surface area (Å²) in [4.78, 5) is 0. The molecule has 0 aromatic heterocycles. The molecule has 0 saturated carbocycles. The molecule has 0 atom stereocenters. The van der Waals surface area contributed by atoms with Crippen LogP contribution in [0.4, 0.5) is 5.69 Å². The molecule has 3 heteroatoms. The molecule has 2 N–H and O–H groups in total. The monoisotopic (exact) mass is 329 g/mol. The number of ether oxygens (including phenoxy) is 2. The Labute approximate surface area is 148 Å². The van der Waals surface area contributed by atoms with Crippen molar-refractivity contribution in [3.8, 4) is 23.8 Å². The molecule has 0 aliphatic rings. The second-order valence-electron chi connectivity index (χ2n) is 5.58. The maximum Gasteiger partial charge on any atom is 0.163 e. The maximum atomic E-state index is 6.00. The molecule has 0 heterocycles. The molecule has 0 radical (unpaired) electrons. The minimum absolute atomic E-state index is 0.427. The van der Waals surface area contributed by atoms with E-state index in [1.807, 2.05) is 60.7 Å². The van der Waals surface area contributed by atoms with Gasteiger partial charge >= 0.3 is 0 Å². The predicted octanol–water partition coefficient (Wildman–Crippen LogP) is 4.41. The van der Waals surface area contributed by atoms with Gasteiger partial charge in [-0.25, -0.2) is 0 Å². The van der Waals surface area contributed by atoms with Gasteiger partial charge < -0.3 is 15.2 Å². The zero-order valence-electron chi connectivity index (χ0n) is 13.8. The Morgan fingerprint density at radius 2 is 1.24 bits per heavy atom. The normalized spacial score (nSPS) is 10.0. The Hall–Kier alpha value is -3.38. The van der Waals surface area contributed by atoms with E-state index >= 15 is 0 Å². The van der Waals surface area contributed by atoms with Gasteiger partial charge in [0.2, 0.25) is 0 Å². The molecule has 0 bridgehead atoms. The lowest BCUT2D eigenvalue weighted by molar-refractivity contribution is 0.256. The van der Waals surface area contributed by atoms with E-state index < -0.39 is 0 Å². The van der Waals surface area contributed by atoms with E-state index in [1.54, 1.807) is 12.1 Å². The summed E-state index contributed by atoms with van der Waals surface area (Å²) in [5, 5.41) is 0. The van der Waals surface area contributed by atoms with Crippen molar-refractivity contribution in [2.24, 2.45) is 0 Å². The van der Waals surface area contributed by atoms with Crippen LogP contribution in [0.2, 0.25) is 0 Å². The lowest BCUT2D eigenvalue weighted by Crippen LogP contribution is -2.02. The van der Waals surface area contributed by atoms with Gasteiger partial charge in [0.15, 0.2) is 11.5 Å². The summed E-state index contributed by atoms with van der Waals surface area (Å²) in [6.45, 7) is 0.855. The fraction of sp³-hybridized carbons (Fsp3) is 0.0909. The van der Waals surface area contributed by atoms with Gasteiger partial charge in [-0.1, -0.05) is 66.6 Å². The molecule has 3 aromatic rings. The second kappa shape index (κ2) is 7.94. The molecule has 0 aliphatic heterocycles. The maximum absolute atomic E-state index is 6.00. The fourth-order valence-corrected chi connectivity index (χ4v) is 2.40. The van der Waals surface area contributed by atoms with E-state index in [1.165, 1.54) is 0 Å². The van der Waals surface area contributed by atoms with Gasteiger partial charge in [-0.05, 0) is 11.1 Å². The molecular weight excluding hydrogens is 310 g/mol. The second-order valence-corrected chi connectivity index (χ2v) is 5.58. The molecule has 124 valence electrons. The molecular formula is C22H19NO2. The molecule has 0 unspecified atom stereocenters. The Balaban J connectivity index is 1.80. The molecule has 0 spiro atoms. The van der Waals surface area contributed by atoms with E-state index in [0.717, 1.165) is 11.1 Å². The lowest BCUT2D eigenvalue weighted by atomic mass is 10.1. The van der Waals surface area contributed by atoms with E-state index in [0.29, 0.717) is 36.0 Å². The SMILES string of the molecule is C#Cc1cc(OCc2ccccc2)c(OCc2ccccc2)cc1N. The average molecular weight is 329 g/mol. The summed E-state index contributed by atoms with van der Waals surface area (Å²) >= 11 is 0. The van der Waals surface area contributed by atoms with Crippen molar-refractivity contribution < 1.29 is 9.47 Å². The highest BCUT2D eigenvalue weighted by molar-refractivity contribution is 5.63. The van der Waals surface area contributed by atoms with Crippen molar-refractivity contribution in [3.63, 3.8) is 0 Å². The minimum Gasteiger partial charge on any atom is -0.485 e. The van der Waals surface area contributed by atoms with Crippen molar-refractivity contribution in [2.75, 3.05) is 5.73 Å². The molecule has 3 aromatic carbocycles. The van der Waals surface area contributed by atoms with Crippen LogP contribution in [0.15, 0.2) is 72.8 Å². The van der Waals surface area contributed by atoms with Crippen LogP contribution >= 0.6 is 0 Å². The quantitative estimate of drug-likeness (QED) is 0.538. The first-order chi connectivity index (χ1) is 12.3. The summed E-state index contributed by atoms with van der Waals surface area (Å²) in [5.41, 5.74) is 9.22. The number of terminal acetylenes is 1. The van der Waals surface area contributed by atoms with Crippen LogP contribution in [0, 0.1) is 12.3 Å². The zero-order chi connectivity index (χ0) is 17.5. The Morgan fingerprint density at radius 1 is 0.760 bits per heavy atom. The van der Waals surface area contributed by atoms with Crippen molar-refractivity contribution in [1.82, 2.24) is 0 Å². The van der Waals surface area contributed by atoms with Crippen LogP contribution < -0.4 is 15.2 Å². The van der Waals surface area contributed by atoms with E-state index in [4.69, 9.17) is 21.6 Å². The Kier molecular flexibility index (Phi) is 5.23. The van der Waals surface area contributed by atoms with Crippen LogP contribution in [0.25, 0.3) is 0 Å². The highest BCUT2D eigenvalue weighted by Crippen LogP contribution is 2.33. The van der Waals surface area contributed by atoms with Gasteiger partial charge in [0, 0.05) is 12.1 Å². The van der Waals surface area contributed by atoms with Crippen LogP contribution in [-0.4, -0.2) is 0 Å². The molecule has 25 heavy (non-hydrogen) atoms. The third-order valence-corrected chi connectivity index (χ3v) is 3.75. The first kappa shape index (κ1) is 16.5. The topological polar surface area (TPSA) is 44.5 Å². The summed E-state index contributed by atoms with van der Waals surface area (Å²) in [7, 11) is 0. The van der Waals surface area contributed by atoms with Crippen LogP contribution in [0.5, 0.6) is 11.5 Å². The molecule has 0 saturated heterocycles. The lowest BCUT2D eigenvalue weighted by Gasteiger charge is -2.15. The number of anilines is 1. The smallest absolute Gasteiger partial charge is 0.163 e. The minimum atomic E-state index is 0.427. The van der Waals surface area contributed by atoms with Crippen molar-refractivity contribution in [3.05, 3.63) is 89.5 Å². The Bertz CT molecular complexity index is 868. The molecule has 3 rings (SSSR count). The summed E-state index contributed by atoms with van der Waals surface area (Å²) in [5.74, 6) is 3.74. The molecule has 3 nitrogen and oxygen atoms in total. The van der Waals surface area contributed by atoms with Crippen molar-refractivity contribution in [2.45, 2.75) is 13.2 Å². The van der Waals surface area contributed by atoms with Gasteiger partial charge in [-0.2, -0.15) is 0 Å². The van der Waals surface area contributed by atoms with Crippen LogP contribution in [-0.2, 0) is 13.2 Å². The predicted molar refractivity (Wildman–Crippen MR) is 100 cm³/mol. The number of hydrogen-bond acceptors (Lipinski definition) is 3. The average Bonchev–Trinajstić information content (AvgIpc) is 2.67. The fourth-order valence-electron chi connectivity index (χ4n) is 2.40. The summed E-state index contributed by atoms with van der Waals surface area (Å²) in [6, 6.07) is 23.3. The number of nitrogens with two attached hydrogens (primary N) is 1. The number of hydrogen-bond donors (Lipinski definition) is 1. The van der Waals surface area contributed by atoms with Gasteiger partial charge in [-0.15, -0.1) is 6.42 Å². The standard InChI is InChI=1S/C22H19NO2/c1-2-19-13-21(24-15-17-9-5-3-6-10-17)22(14-20(19)23)25-16-18-11-7-4-8-12-18/h1,3-14H,15-16,23H2. The van der Waals surface area contributed by atoms with E-state index in [-0.39, 0.29) is 0 Å². The van der Waals surface area contributed by atoms with Crippen LogP contribution in [0.1, 0.15) is 16.7 Å². The summed E-state index contributed by atoms with van der Waals surface area (Å²) < 4.78 is 11.9. The highest BCUT2D eigenvalue weighted by atomic mass is 16.5. The Morgan fingerprint density at radius 3 is 1.72 bits per heavy atom. The molecule has 0 fully saturated rings. The molecule has 0 aliphatic carbocycles. The first-order valence-electron chi connectivity index (χ1n) is 8.00. The number of benzene rings is 3. The number of rotatable bonds is 6. The van der Waals surface area contributed by atoms with Crippen molar-refractivity contribution >= 4 is 5.69 Å². The van der Waals surface area contributed by atoms with Crippen molar-refractivity contribution in [1.29, 1.82) is 0 Å². The number of nitrogen functional groups attached to an aromatic ring is 1. The highest BCUT2D eigenvalue weighted by Gasteiger charge is 2.10. The first-order valence-corrected chi connectivity index (χ1v) is 8.00. The van der Waals surface area contributed by atoms with Crippen LogP contribution in [0.3, 0.4) is 0 Å². The largest absolute Gasteiger partial charge is 0.485 e. The van der Waals surface area contributed by atoms with E-state index in [2.05, 4.69) is 5.92 Å². The third-order valence-electron chi connectivity index (χ3n) is 3.75. The summed E-state index contributed by atoms with van der Waals surface area (Å²) in [6.07, 6.45) is 5.52. The van der Waals surface area contributed by atoms with Gasteiger partial charge in [0.25, 0.3) is 0 Å².